The maximum absolute atomic E-state index is 13.1. The third-order valence-electron chi connectivity index (χ3n) is 5.94. The van der Waals surface area contributed by atoms with Gasteiger partial charge in [-0.3, -0.25) is 9.69 Å². The molecule has 0 aliphatic carbocycles. The number of fused-ring (bicyclic) bond motifs is 3. The molecule has 194 valence electrons. The fourth-order valence-electron chi connectivity index (χ4n) is 4.20. The van der Waals surface area contributed by atoms with Crippen LogP contribution in [0.15, 0.2) is 71.9 Å². The first-order valence-corrected chi connectivity index (χ1v) is 13.3. The third kappa shape index (κ3) is 5.12. The zero-order chi connectivity index (χ0) is 26.6. The van der Waals surface area contributed by atoms with Crippen molar-refractivity contribution in [1.82, 2.24) is 15.2 Å². The van der Waals surface area contributed by atoms with Crippen LogP contribution in [0.5, 0.6) is 17.4 Å². The van der Waals surface area contributed by atoms with E-state index in [1.165, 1.54) is 18.7 Å². The highest BCUT2D eigenvalue weighted by Crippen LogP contribution is 2.44. The number of para-hydroxylation sites is 1. The highest BCUT2D eigenvalue weighted by Gasteiger charge is 2.35. The molecule has 10 heteroatoms. The number of carbonyl (C=O) groups is 1. The second-order valence-corrected chi connectivity index (χ2v) is 9.70. The summed E-state index contributed by atoms with van der Waals surface area (Å²) in [5.74, 6) is 1.77. The minimum Gasteiger partial charge on any atom is -0.493 e. The van der Waals surface area contributed by atoms with Crippen molar-refractivity contribution in [3.8, 4) is 28.6 Å². The smallest absolute Gasteiger partial charge is 0.247 e. The lowest BCUT2D eigenvalue weighted by atomic mass is 10.1. The Morgan fingerprint density at radius 1 is 1.08 bits per heavy atom. The number of anilines is 1. The van der Waals surface area contributed by atoms with Crippen LogP contribution in [-0.2, 0) is 10.5 Å². The predicted octanol–water partition coefficient (Wildman–Crippen LogP) is 6.34. The molecule has 8 nitrogen and oxygen atoms in total. The molecule has 0 spiro atoms. The summed E-state index contributed by atoms with van der Waals surface area (Å²) >= 11 is 7.72. The lowest BCUT2D eigenvalue weighted by molar-refractivity contribution is -0.118. The van der Waals surface area contributed by atoms with E-state index < -0.39 is 6.23 Å². The topological polar surface area (TPSA) is 86.7 Å². The molecule has 1 aromatic heterocycles. The molecule has 0 saturated carbocycles. The van der Waals surface area contributed by atoms with Gasteiger partial charge in [0.05, 0.1) is 19.4 Å². The second kappa shape index (κ2) is 11.3. The standard InChI is InChI=1S/C28H25ClN4O4S/c1-4-36-24-15-18(13-14-23(24)35-3)27-33(17(2)34)22-12-8-6-10-20(22)25-26(37-27)30-28(32-31-25)38-16-19-9-5-7-11-21(19)29/h5-15,27H,4,16H2,1-3H3/t27-/m0/s1. The van der Waals surface area contributed by atoms with Gasteiger partial charge < -0.3 is 14.2 Å². The molecule has 1 aliphatic rings. The first kappa shape index (κ1) is 25.8. The summed E-state index contributed by atoms with van der Waals surface area (Å²) in [5.41, 5.74) is 3.45. The Hall–Kier alpha value is -3.82. The Morgan fingerprint density at radius 3 is 2.63 bits per heavy atom. The van der Waals surface area contributed by atoms with E-state index in [0.29, 0.717) is 56.5 Å². The van der Waals surface area contributed by atoms with E-state index in [-0.39, 0.29) is 11.8 Å². The molecular weight excluding hydrogens is 524 g/mol. The monoisotopic (exact) mass is 548 g/mol. The van der Waals surface area contributed by atoms with Gasteiger partial charge in [0.25, 0.3) is 0 Å². The number of amides is 1. The van der Waals surface area contributed by atoms with E-state index in [2.05, 4.69) is 10.2 Å². The number of nitrogens with zero attached hydrogens (tertiary/aromatic N) is 4. The van der Waals surface area contributed by atoms with Gasteiger partial charge in [0.2, 0.25) is 23.2 Å². The molecule has 0 saturated heterocycles. The second-order valence-electron chi connectivity index (χ2n) is 8.35. The maximum atomic E-state index is 13.1. The summed E-state index contributed by atoms with van der Waals surface area (Å²) in [6, 6.07) is 20.6. The van der Waals surface area contributed by atoms with Crippen molar-refractivity contribution >= 4 is 35.0 Å². The number of halogens is 1. The van der Waals surface area contributed by atoms with Crippen molar-refractivity contribution in [3.63, 3.8) is 0 Å². The zero-order valence-corrected chi connectivity index (χ0v) is 22.6. The summed E-state index contributed by atoms with van der Waals surface area (Å²) in [4.78, 5) is 19.4. The fourth-order valence-corrected chi connectivity index (χ4v) is 5.27. The number of hydrogen-bond acceptors (Lipinski definition) is 8. The molecule has 3 aromatic carbocycles. The summed E-state index contributed by atoms with van der Waals surface area (Å²) in [6.45, 7) is 3.85. The van der Waals surface area contributed by atoms with Gasteiger partial charge in [0.15, 0.2) is 17.2 Å². The Labute approximate surface area is 229 Å². The van der Waals surface area contributed by atoms with E-state index in [9.17, 15) is 4.79 Å². The Balaban J connectivity index is 1.59. The molecule has 1 amide bonds. The highest BCUT2D eigenvalue weighted by atomic mass is 35.5. The van der Waals surface area contributed by atoms with Crippen LogP contribution in [0.3, 0.4) is 0 Å². The molecule has 0 fully saturated rings. The van der Waals surface area contributed by atoms with Gasteiger partial charge in [0.1, 0.15) is 0 Å². The molecule has 0 unspecified atom stereocenters. The Morgan fingerprint density at radius 2 is 1.87 bits per heavy atom. The van der Waals surface area contributed by atoms with Crippen LogP contribution in [-0.4, -0.2) is 34.8 Å². The largest absolute Gasteiger partial charge is 0.493 e. The van der Waals surface area contributed by atoms with Crippen LogP contribution in [0.2, 0.25) is 5.02 Å². The molecule has 0 radical (unpaired) electrons. The molecule has 1 aliphatic heterocycles. The first-order valence-electron chi connectivity index (χ1n) is 12.0. The number of benzene rings is 3. The summed E-state index contributed by atoms with van der Waals surface area (Å²) < 4.78 is 17.7. The van der Waals surface area contributed by atoms with Gasteiger partial charge in [-0.25, -0.2) is 0 Å². The average molecular weight is 549 g/mol. The number of ether oxygens (including phenoxy) is 3. The molecule has 1 atom stereocenters. The minimum atomic E-state index is -0.835. The number of carbonyl (C=O) groups excluding carboxylic acids is 1. The molecule has 0 bridgehead atoms. The van der Waals surface area contributed by atoms with Crippen molar-refractivity contribution in [2.75, 3.05) is 18.6 Å². The Kier molecular flexibility index (Phi) is 7.67. The maximum Gasteiger partial charge on any atom is 0.247 e. The van der Waals surface area contributed by atoms with Crippen molar-refractivity contribution in [3.05, 3.63) is 82.9 Å². The summed E-state index contributed by atoms with van der Waals surface area (Å²) in [6.07, 6.45) is -0.835. The molecule has 0 N–H and O–H groups in total. The number of hydrogen-bond donors (Lipinski definition) is 0. The van der Waals surface area contributed by atoms with Gasteiger partial charge >= 0.3 is 0 Å². The van der Waals surface area contributed by atoms with Crippen LogP contribution < -0.4 is 19.1 Å². The Bertz CT molecular complexity index is 1490. The highest BCUT2D eigenvalue weighted by molar-refractivity contribution is 7.98. The van der Waals surface area contributed by atoms with E-state index in [0.717, 1.165) is 5.56 Å². The van der Waals surface area contributed by atoms with Gasteiger partial charge in [-0.05, 0) is 42.8 Å². The van der Waals surface area contributed by atoms with E-state index in [1.807, 2.05) is 67.6 Å². The molecular formula is C28H25ClN4O4S. The van der Waals surface area contributed by atoms with Gasteiger partial charge in [-0.2, -0.15) is 4.98 Å². The molecule has 2 heterocycles. The summed E-state index contributed by atoms with van der Waals surface area (Å²) in [7, 11) is 1.58. The van der Waals surface area contributed by atoms with Crippen molar-refractivity contribution < 1.29 is 19.0 Å². The molecule has 4 aromatic rings. The number of aromatic nitrogens is 3. The van der Waals surface area contributed by atoms with Crippen molar-refractivity contribution in [2.45, 2.75) is 31.0 Å². The van der Waals surface area contributed by atoms with Gasteiger partial charge in [-0.1, -0.05) is 59.8 Å². The lowest BCUT2D eigenvalue weighted by Gasteiger charge is -2.30. The van der Waals surface area contributed by atoms with Gasteiger partial charge in [-0.15, -0.1) is 10.2 Å². The SMILES string of the molecule is CCOc1cc([C@@H]2Oc3nc(SCc4ccccc4Cl)nnc3-c3ccccc3N2C(C)=O)ccc1OC. The quantitative estimate of drug-likeness (QED) is 0.247. The fraction of sp³-hybridized carbons (Fsp3) is 0.214. The van der Waals surface area contributed by atoms with Crippen LogP contribution in [0.4, 0.5) is 5.69 Å². The van der Waals surface area contributed by atoms with E-state index >= 15 is 0 Å². The van der Waals surface area contributed by atoms with E-state index in [1.54, 1.807) is 18.1 Å². The van der Waals surface area contributed by atoms with Crippen LogP contribution in [0, 0.1) is 0 Å². The predicted molar refractivity (Wildman–Crippen MR) is 147 cm³/mol. The number of rotatable bonds is 7. The number of methoxy groups -OCH3 is 1. The van der Waals surface area contributed by atoms with Gasteiger partial charge in [0, 0.05) is 28.8 Å². The van der Waals surface area contributed by atoms with Crippen LogP contribution in [0.25, 0.3) is 11.3 Å². The van der Waals surface area contributed by atoms with Crippen LogP contribution in [0.1, 0.15) is 31.2 Å². The minimum absolute atomic E-state index is 0.203. The average Bonchev–Trinajstić information content (AvgIpc) is 3.07. The normalized spacial score (nSPS) is 14.1. The summed E-state index contributed by atoms with van der Waals surface area (Å²) in [5, 5.41) is 9.93. The third-order valence-corrected chi connectivity index (χ3v) is 7.19. The van der Waals surface area contributed by atoms with Crippen molar-refractivity contribution in [1.29, 1.82) is 0 Å². The lowest BCUT2D eigenvalue weighted by Crippen LogP contribution is -2.36. The van der Waals surface area contributed by atoms with Crippen molar-refractivity contribution in [2.24, 2.45) is 0 Å². The molecule has 38 heavy (non-hydrogen) atoms. The first-order chi connectivity index (χ1) is 18.5. The number of thioether (sulfide) groups is 1. The zero-order valence-electron chi connectivity index (χ0n) is 21.1. The molecule has 5 rings (SSSR count). The van der Waals surface area contributed by atoms with E-state index in [4.69, 9.17) is 30.8 Å². The van der Waals surface area contributed by atoms with Crippen LogP contribution >= 0.6 is 23.4 Å².